The van der Waals surface area contributed by atoms with Crippen LogP contribution >= 0.6 is 0 Å². The van der Waals surface area contributed by atoms with Crippen LogP contribution in [-0.4, -0.2) is 110 Å². The maximum atomic E-state index is 14.5. The molecule has 0 amide bonds. The highest BCUT2D eigenvalue weighted by Crippen LogP contribution is 2.42. The average molecular weight is 699 g/mol. The summed E-state index contributed by atoms with van der Waals surface area (Å²) in [6.07, 6.45) is 3.15. The second-order valence-corrected chi connectivity index (χ2v) is 14.5. The molecule has 0 aliphatic heterocycles. The topological polar surface area (TPSA) is 119 Å². The summed E-state index contributed by atoms with van der Waals surface area (Å²) in [5, 5.41) is 33.9. The fraction of sp³-hybridized carbons (Fsp3) is 0.575. The fourth-order valence-corrected chi connectivity index (χ4v) is 6.13. The summed E-state index contributed by atoms with van der Waals surface area (Å²) in [5.41, 5.74) is 3.11. The third kappa shape index (κ3) is 9.81. The van der Waals surface area contributed by atoms with Crippen LogP contribution in [0.1, 0.15) is 66.5 Å². The number of nitrogens with zero attached hydrogens (tertiary/aromatic N) is 2. The van der Waals surface area contributed by atoms with Gasteiger partial charge in [-0.1, -0.05) is 23.3 Å². The van der Waals surface area contributed by atoms with E-state index in [0.717, 1.165) is 37.3 Å². The van der Waals surface area contributed by atoms with Gasteiger partial charge in [0.2, 0.25) is 5.43 Å². The minimum atomic E-state index is -0.746. The van der Waals surface area contributed by atoms with Gasteiger partial charge in [-0.15, -0.1) is 0 Å². The second kappa shape index (κ2) is 17.6. The number of likely N-dealkylation sites (N-methyl/N-ethyl adjacent to an activating group) is 2. The first kappa shape index (κ1) is 40.9. The van der Waals surface area contributed by atoms with Crippen LogP contribution < -0.4 is 19.6 Å². The van der Waals surface area contributed by atoms with Crippen LogP contribution in [0.25, 0.3) is 21.9 Å². The molecule has 0 aliphatic carbocycles. The van der Waals surface area contributed by atoms with Gasteiger partial charge in [-0.3, -0.25) is 4.79 Å². The summed E-state index contributed by atoms with van der Waals surface area (Å²) in [7, 11) is 5.72. The summed E-state index contributed by atoms with van der Waals surface area (Å²) in [6, 6.07) is 3.25. The molecule has 10 heteroatoms. The van der Waals surface area contributed by atoms with Crippen molar-refractivity contribution in [2.75, 3.05) is 73.7 Å². The van der Waals surface area contributed by atoms with E-state index in [1.807, 2.05) is 39.8 Å². The molecule has 3 N–H and O–H groups in total. The molecule has 50 heavy (non-hydrogen) atoms. The molecule has 3 aromatic rings. The second-order valence-electron chi connectivity index (χ2n) is 14.5. The number of phenols is 1. The van der Waals surface area contributed by atoms with Crippen LogP contribution in [0.4, 0.5) is 0 Å². The standard InChI is InChI=1S/C40H61N2O8/c1-12-41(9,13-2)22-28(43)24-48-32-20-34-37(38(45)30(32)18-16-26(5)6)39(46)36-31(19-17-27(7)8)40(47-11)35(21-33(36)50-34)49-25-29(44)23-42(10,14-3)15-4/h16-17,20-21,28-29,43-44H,12-15,18-19,22-25H2,1-11H3/q+1/p+1. The first-order valence-corrected chi connectivity index (χ1v) is 18.0. The molecule has 2 atom stereocenters. The molecule has 2 unspecified atom stereocenters. The van der Waals surface area contributed by atoms with E-state index in [-0.39, 0.29) is 40.9 Å². The molecule has 0 bridgehead atoms. The number of ether oxygens (including phenoxy) is 3. The molecule has 2 aromatic carbocycles. The Morgan fingerprint density at radius 1 is 0.760 bits per heavy atom. The lowest BCUT2D eigenvalue weighted by atomic mass is 9.98. The number of aromatic hydroxyl groups is 1. The molecular formula is C40H62N2O8+2. The zero-order chi connectivity index (χ0) is 37.4. The number of quaternary nitrogens is 2. The molecular weight excluding hydrogens is 636 g/mol. The SMILES string of the molecule is CC[N+](C)(CC)CC(O)COc1cc2oc3cc(OCC(O)C[N+](C)(CC)CC)c(OC)c(CC=C(C)C)c3c(=O)c2c(O)c1CC=C(C)C. The molecule has 0 aliphatic rings. The maximum absolute atomic E-state index is 14.5. The Morgan fingerprint density at radius 2 is 1.20 bits per heavy atom. The lowest BCUT2D eigenvalue weighted by Crippen LogP contribution is -2.49. The first-order valence-electron chi connectivity index (χ1n) is 18.0. The molecule has 1 aromatic heterocycles. The Hall–Kier alpha value is -3.57. The predicted molar refractivity (Wildman–Crippen MR) is 202 cm³/mol. The highest BCUT2D eigenvalue weighted by atomic mass is 16.5. The number of methoxy groups -OCH3 is 1. The van der Waals surface area contributed by atoms with Gasteiger partial charge in [-0.05, 0) is 68.2 Å². The zero-order valence-electron chi connectivity index (χ0n) is 32.3. The normalized spacial score (nSPS) is 13.3. The van der Waals surface area contributed by atoms with Gasteiger partial charge < -0.3 is 42.9 Å². The van der Waals surface area contributed by atoms with Crippen LogP contribution in [0.3, 0.4) is 0 Å². The fourth-order valence-electron chi connectivity index (χ4n) is 6.13. The highest BCUT2D eigenvalue weighted by Gasteiger charge is 2.27. The minimum absolute atomic E-state index is 0.0105. The summed E-state index contributed by atoms with van der Waals surface area (Å²) in [6.45, 7) is 20.8. The average Bonchev–Trinajstić information content (AvgIpc) is 3.07. The molecule has 278 valence electrons. The number of rotatable bonds is 19. The number of aliphatic hydroxyl groups excluding tert-OH is 2. The Labute approximate surface area is 298 Å². The van der Waals surface area contributed by atoms with Gasteiger partial charge in [-0.25, -0.2) is 0 Å². The molecule has 10 nitrogen and oxygen atoms in total. The van der Waals surface area contributed by atoms with Crippen molar-refractivity contribution in [3.05, 3.63) is 56.8 Å². The van der Waals surface area contributed by atoms with Gasteiger partial charge in [-0.2, -0.15) is 0 Å². The van der Waals surface area contributed by atoms with Crippen LogP contribution in [-0.2, 0) is 12.8 Å². The Morgan fingerprint density at radius 3 is 1.66 bits per heavy atom. The molecule has 0 fully saturated rings. The summed E-state index contributed by atoms with van der Waals surface area (Å²) in [4.78, 5) is 14.5. The van der Waals surface area contributed by atoms with Crippen molar-refractivity contribution in [1.82, 2.24) is 0 Å². The largest absolute Gasteiger partial charge is 0.507 e. The zero-order valence-corrected chi connectivity index (χ0v) is 32.3. The van der Waals surface area contributed by atoms with E-state index in [4.69, 9.17) is 18.6 Å². The quantitative estimate of drug-likeness (QED) is 0.0778. The van der Waals surface area contributed by atoms with E-state index in [1.165, 1.54) is 7.11 Å². The van der Waals surface area contributed by atoms with Gasteiger partial charge in [0.05, 0.1) is 52.8 Å². The van der Waals surface area contributed by atoms with Crippen LogP contribution in [0.15, 0.2) is 44.6 Å². The highest BCUT2D eigenvalue weighted by molar-refractivity contribution is 5.98. The Balaban J connectivity index is 2.24. The van der Waals surface area contributed by atoms with Crippen LogP contribution in [0, 0.1) is 0 Å². The van der Waals surface area contributed by atoms with Crippen molar-refractivity contribution in [2.24, 2.45) is 0 Å². The number of fused-ring (bicyclic) bond motifs is 2. The van der Waals surface area contributed by atoms with Crippen LogP contribution in [0.5, 0.6) is 23.0 Å². The number of aliphatic hydroxyl groups is 2. The van der Waals surface area contributed by atoms with Crippen molar-refractivity contribution in [3.63, 3.8) is 0 Å². The van der Waals surface area contributed by atoms with Crippen molar-refractivity contribution < 1.29 is 42.9 Å². The van der Waals surface area contributed by atoms with Crippen molar-refractivity contribution in [2.45, 2.75) is 80.4 Å². The van der Waals surface area contributed by atoms with E-state index in [2.05, 4.69) is 41.8 Å². The molecule has 3 rings (SSSR count). The summed E-state index contributed by atoms with van der Waals surface area (Å²) < 4.78 is 26.1. The van der Waals surface area contributed by atoms with Gasteiger partial charge in [0, 0.05) is 23.3 Å². The number of allylic oxidation sites excluding steroid dienone is 4. The third-order valence-corrected chi connectivity index (χ3v) is 10.2. The van der Waals surface area contributed by atoms with E-state index in [0.29, 0.717) is 63.3 Å². The molecule has 0 spiro atoms. The van der Waals surface area contributed by atoms with Gasteiger partial charge in [0.25, 0.3) is 0 Å². The first-order chi connectivity index (χ1) is 23.5. The minimum Gasteiger partial charge on any atom is -0.507 e. The number of benzene rings is 2. The molecule has 0 radical (unpaired) electrons. The third-order valence-electron chi connectivity index (χ3n) is 10.2. The van der Waals surface area contributed by atoms with E-state index >= 15 is 0 Å². The summed E-state index contributed by atoms with van der Waals surface area (Å²) in [5.74, 6) is 0.839. The smallest absolute Gasteiger partial charge is 0.204 e. The lowest BCUT2D eigenvalue weighted by molar-refractivity contribution is -0.909. The maximum Gasteiger partial charge on any atom is 0.204 e. The monoisotopic (exact) mass is 698 g/mol. The van der Waals surface area contributed by atoms with Crippen molar-refractivity contribution >= 4 is 21.9 Å². The van der Waals surface area contributed by atoms with Gasteiger partial charge in [0.1, 0.15) is 66.6 Å². The van der Waals surface area contributed by atoms with E-state index < -0.39 is 17.6 Å². The Bertz CT molecular complexity index is 1730. The van der Waals surface area contributed by atoms with E-state index in [1.54, 1.807) is 12.1 Å². The van der Waals surface area contributed by atoms with Gasteiger partial charge >= 0.3 is 0 Å². The van der Waals surface area contributed by atoms with Gasteiger partial charge in [0.15, 0.2) is 11.5 Å². The molecule has 1 heterocycles. The van der Waals surface area contributed by atoms with Crippen molar-refractivity contribution in [1.29, 1.82) is 0 Å². The number of hydrogen-bond acceptors (Lipinski definition) is 8. The Kier molecular flexibility index (Phi) is 14.4. The number of phenolic OH excluding ortho intramolecular Hbond substituents is 1. The number of hydrogen-bond donors (Lipinski definition) is 3. The van der Waals surface area contributed by atoms with Crippen molar-refractivity contribution in [3.8, 4) is 23.0 Å². The molecule has 0 saturated heterocycles. The summed E-state index contributed by atoms with van der Waals surface area (Å²) >= 11 is 0. The van der Waals surface area contributed by atoms with Crippen LogP contribution in [0.2, 0.25) is 0 Å². The predicted octanol–water partition coefficient (Wildman–Crippen LogP) is 6.13. The van der Waals surface area contributed by atoms with E-state index in [9.17, 15) is 20.1 Å². The molecule has 0 saturated carbocycles. The lowest BCUT2D eigenvalue weighted by Gasteiger charge is -2.34.